The largest absolute Gasteiger partial charge is 0.447 e. The molecule has 1 saturated heterocycles. The summed E-state index contributed by atoms with van der Waals surface area (Å²) in [7, 11) is -3.38. The highest BCUT2D eigenvalue weighted by atomic mass is 32.2. The van der Waals surface area contributed by atoms with E-state index >= 15 is 0 Å². The predicted octanol–water partition coefficient (Wildman–Crippen LogP) is 3.27. The van der Waals surface area contributed by atoms with Crippen molar-refractivity contribution in [3.05, 3.63) is 35.9 Å². The fourth-order valence-electron chi connectivity index (χ4n) is 4.49. The molecule has 168 valence electrons. The zero-order valence-electron chi connectivity index (χ0n) is 18.1. The van der Waals surface area contributed by atoms with Gasteiger partial charge in [-0.1, -0.05) is 30.3 Å². The Balaban J connectivity index is 1.57. The van der Waals surface area contributed by atoms with Crippen molar-refractivity contribution in [1.29, 1.82) is 0 Å². The number of likely N-dealkylation sites (tertiary alicyclic amines) is 1. The Labute approximate surface area is 180 Å². The Bertz CT molecular complexity index is 791. The van der Waals surface area contributed by atoms with Crippen LogP contribution >= 0.6 is 0 Å². The van der Waals surface area contributed by atoms with Crippen molar-refractivity contribution in [2.75, 3.05) is 19.4 Å². The van der Waals surface area contributed by atoms with E-state index in [1.54, 1.807) is 18.7 Å². The summed E-state index contributed by atoms with van der Waals surface area (Å²) in [6.07, 6.45) is 5.26. The molecule has 30 heavy (non-hydrogen) atoms. The molecule has 1 N–H and O–H groups in total. The second-order valence-electron chi connectivity index (χ2n) is 8.70. The lowest BCUT2D eigenvalue weighted by Crippen LogP contribution is -2.49. The first-order chi connectivity index (χ1) is 14.2. The van der Waals surface area contributed by atoms with Crippen LogP contribution in [0.4, 0.5) is 4.79 Å². The van der Waals surface area contributed by atoms with Crippen molar-refractivity contribution < 1.29 is 22.7 Å². The van der Waals surface area contributed by atoms with Crippen LogP contribution < -0.4 is 4.72 Å². The lowest BCUT2D eigenvalue weighted by molar-refractivity contribution is -0.00934. The van der Waals surface area contributed by atoms with Gasteiger partial charge in [0.25, 0.3) is 0 Å². The molecule has 3 rings (SSSR count). The molecule has 8 heteroatoms. The van der Waals surface area contributed by atoms with E-state index in [0.717, 1.165) is 31.9 Å². The molecule has 2 aliphatic rings. The third-order valence-corrected chi connectivity index (χ3v) is 6.66. The maximum absolute atomic E-state index is 12.5. The average Bonchev–Trinajstić information content (AvgIpc) is 3.08. The lowest BCUT2D eigenvalue weighted by Gasteiger charge is -2.32. The van der Waals surface area contributed by atoms with Gasteiger partial charge in [-0.15, -0.1) is 0 Å². The molecular formula is C22H34N2O5S. The summed E-state index contributed by atoms with van der Waals surface area (Å²) < 4.78 is 37.8. The van der Waals surface area contributed by atoms with Gasteiger partial charge in [0, 0.05) is 12.6 Å². The van der Waals surface area contributed by atoms with Crippen LogP contribution in [0.25, 0.3) is 0 Å². The third kappa shape index (κ3) is 6.43. The number of carbonyl (C=O) groups is 1. The first kappa shape index (κ1) is 23.0. The first-order valence-corrected chi connectivity index (χ1v) is 12.7. The van der Waals surface area contributed by atoms with Crippen LogP contribution in [0.5, 0.6) is 0 Å². The Morgan fingerprint density at radius 2 is 1.80 bits per heavy atom. The number of hydrogen-bond donors (Lipinski definition) is 1. The topological polar surface area (TPSA) is 84.9 Å². The van der Waals surface area contributed by atoms with E-state index in [1.165, 1.54) is 5.56 Å². The highest BCUT2D eigenvalue weighted by Crippen LogP contribution is 2.34. The van der Waals surface area contributed by atoms with Gasteiger partial charge in [-0.3, -0.25) is 0 Å². The molecule has 2 atom stereocenters. The Morgan fingerprint density at radius 1 is 1.13 bits per heavy atom. The van der Waals surface area contributed by atoms with Gasteiger partial charge in [-0.25, -0.2) is 17.9 Å². The number of sulfonamides is 1. The maximum atomic E-state index is 12.5. The normalized spacial score (nSPS) is 27.4. The molecule has 0 aromatic heterocycles. The van der Waals surface area contributed by atoms with Crippen molar-refractivity contribution in [2.24, 2.45) is 0 Å². The summed E-state index contributed by atoms with van der Waals surface area (Å²) in [6.45, 7) is 4.36. The fourth-order valence-corrected chi connectivity index (χ4v) is 5.32. The van der Waals surface area contributed by atoms with Crippen molar-refractivity contribution in [3.63, 3.8) is 0 Å². The Morgan fingerprint density at radius 3 is 2.40 bits per heavy atom. The Kier molecular flexibility index (Phi) is 7.76. The van der Waals surface area contributed by atoms with Gasteiger partial charge in [0.1, 0.15) is 0 Å². The van der Waals surface area contributed by atoms with Crippen molar-refractivity contribution >= 4 is 16.1 Å². The third-order valence-electron chi connectivity index (χ3n) is 5.93. The minimum Gasteiger partial charge on any atom is -0.447 e. The van der Waals surface area contributed by atoms with Gasteiger partial charge in [-0.2, -0.15) is 0 Å². The first-order valence-electron chi connectivity index (χ1n) is 10.8. The number of nitrogens with zero attached hydrogens (tertiary/aromatic N) is 1. The van der Waals surface area contributed by atoms with Crippen LogP contribution in [-0.4, -0.2) is 63.1 Å². The van der Waals surface area contributed by atoms with E-state index in [0.29, 0.717) is 25.5 Å². The zero-order valence-corrected chi connectivity index (χ0v) is 18.9. The molecular weight excluding hydrogens is 404 g/mol. The van der Waals surface area contributed by atoms with E-state index in [1.807, 2.05) is 6.07 Å². The minimum absolute atomic E-state index is 0.132. The second-order valence-corrected chi connectivity index (χ2v) is 10.5. The number of rotatable bonds is 7. The molecule has 2 unspecified atom stereocenters. The molecule has 1 aromatic carbocycles. The van der Waals surface area contributed by atoms with Gasteiger partial charge in [-0.05, 0) is 57.4 Å². The molecule has 1 saturated carbocycles. The van der Waals surface area contributed by atoms with E-state index in [2.05, 4.69) is 29.0 Å². The fraction of sp³-hybridized carbons (Fsp3) is 0.682. The van der Waals surface area contributed by atoms with E-state index in [-0.39, 0.29) is 24.3 Å². The summed E-state index contributed by atoms with van der Waals surface area (Å²) >= 11 is 0. The van der Waals surface area contributed by atoms with Crippen LogP contribution in [0.2, 0.25) is 0 Å². The summed E-state index contributed by atoms with van der Waals surface area (Å²) in [4.78, 5) is 14.1. The molecule has 7 nitrogen and oxygen atoms in total. The Hall–Kier alpha value is -1.64. The monoisotopic (exact) mass is 438 g/mol. The molecule has 0 bridgehead atoms. The van der Waals surface area contributed by atoms with E-state index < -0.39 is 16.1 Å². The summed E-state index contributed by atoms with van der Waals surface area (Å²) in [5, 5.41) is 0. The second kappa shape index (κ2) is 10.1. The summed E-state index contributed by atoms with van der Waals surface area (Å²) in [5.74, 6) is 0.565. The number of nitrogens with one attached hydrogen (secondary N) is 1. The van der Waals surface area contributed by atoms with Gasteiger partial charge < -0.3 is 14.4 Å². The number of amides is 1. The average molecular weight is 439 g/mol. The molecule has 1 aliphatic carbocycles. The molecule has 1 aromatic rings. The molecule has 1 aliphatic heterocycles. The number of benzene rings is 1. The lowest BCUT2D eigenvalue weighted by atomic mass is 9.83. The molecule has 2 fully saturated rings. The van der Waals surface area contributed by atoms with Crippen molar-refractivity contribution in [2.45, 2.75) is 76.2 Å². The standard InChI is InChI=1S/C22H34N2O5S/c1-16(2)29-22(25)24-14-13-20(23-30(3,26)27)21(24)15-28-19-11-9-18(10-12-19)17-7-5-4-6-8-17/h4-8,16,18-21,23H,9-15H2,1-3H3. The zero-order chi connectivity index (χ0) is 21.7. The summed E-state index contributed by atoms with van der Waals surface area (Å²) in [6, 6.07) is 9.85. The number of ether oxygens (including phenoxy) is 2. The molecule has 1 heterocycles. The van der Waals surface area contributed by atoms with Gasteiger partial charge in [0.15, 0.2) is 0 Å². The van der Waals surface area contributed by atoms with Gasteiger partial charge >= 0.3 is 6.09 Å². The molecule has 1 amide bonds. The number of carbonyl (C=O) groups excluding carboxylic acids is 1. The van der Waals surface area contributed by atoms with Gasteiger partial charge in [0.05, 0.1) is 31.1 Å². The van der Waals surface area contributed by atoms with Gasteiger partial charge in [0.2, 0.25) is 10.0 Å². The van der Waals surface area contributed by atoms with E-state index in [4.69, 9.17) is 9.47 Å². The van der Waals surface area contributed by atoms with Crippen LogP contribution in [0, 0.1) is 0 Å². The SMILES string of the molecule is CC(C)OC(=O)N1CCC(NS(C)(=O)=O)C1COC1CCC(c2ccccc2)CC1. The van der Waals surface area contributed by atoms with Crippen molar-refractivity contribution in [1.82, 2.24) is 9.62 Å². The van der Waals surface area contributed by atoms with Crippen LogP contribution in [0.3, 0.4) is 0 Å². The van der Waals surface area contributed by atoms with Crippen LogP contribution in [-0.2, 0) is 19.5 Å². The smallest absolute Gasteiger partial charge is 0.410 e. The minimum atomic E-state index is -3.38. The molecule has 0 radical (unpaired) electrons. The molecule has 0 spiro atoms. The van der Waals surface area contributed by atoms with Crippen molar-refractivity contribution in [3.8, 4) is 0 Å². The highest BCUT2D eigenvalue weighted by Gasteiger charge is 2.40. The van der Waals surface area contributed by atoms with E-state index in [9.17, 15) is 13.2 Å². The predicted molar refractivity (Wildman–Crippen MR) is 116 cm³/mol. The van der Waals surface area contributed by atoms with Crippen LogP contribution in [0.15, 0.2) is 30.3 Å². The number of hydrogen-bond acceptors (Lipinski definition) is 5. The maximum Gasteiger partial charge on any atom is 0.410 e. The highest BCUT2D eigenvalue weighted by molar-refractivity contribution is 7.88. The quantitative estimate of drug-likeness (QED) is 0.706. The summed E-state index contributed by atoms with van der Waals surface area (Å²) in [5.41, 5.74) is 1.38. The van der Waals surface area contributed by atoms with Crippen LogP contribution in [0.1, 0.15) is 57.4 Å².